The predicted octanol–water partition coefficient (Wildman–Crippen LogP) is 4.92. The molecule has 0 spiro atoms. The van der Waals surface area contributed by atoms with E-state index >= 15 is 0 Å². The molecule has 2 rings (SSSR count). The summed E-state index contributed by atoms with van der Waals surface area (Å²) in [7, 11) is -3.13. The molecule has 6 nitrogen and oxygen atoms in total. The highest BCUT2D eigenvalue weighted by atomic mass is 32.2. The van der Waals surface area contributed by atoms with Crippen molar-refractivity contribution < 1.29 is 27.5 Å². The number of thioether (sulfide) groups is 1. The Morgan fingerprint density at radius 1 is 1.31 bits per heavy atom. The zero-order valence-electron chi connectivity index (χ0n) is 15.3. The maximum Gasteiger partial charge on any atom is 0.414 e. The Bertz CT molecular complexity index is 665. The maximum absolute atomic E-state index is 14.4. The number of cyclic esters (lactones) is 1. The standard InChI is InChI=1S/C17H25FNO5PS/c1-4-14-12-19(17(20)24-14)13-7-8-16(15(18)11-13)26-10-9-25(21,22-5-2)23-6-3/h7-8,11,14H,4-6,9-10,12H2,1-3H3/t14-/m0/s1. The van der Waals surface area contributed by atoms with Gasteiger partial charge in [-0.05, 0) is 38.5 Å². The Morgan fingerprint density at radius 2 is 2.00 bits per heavy atom. The van der Waals surface area contributed by atoms with Crippen LogP contribution in [-0.4, -0.2) is 43.9 Å². The summed E-state index contributed by atoms with van der Waals surface area (Å²) in [6, 6.07) is 4.63. The van der Waals surface area contributed by atoms with Crippen LogP contribution in [0.4, 0.5) is 14.9 Å². The molecule has 1 aliphatic heterocycles. The number of ether oxygens (including phenoxy) is 1. The molecule has 1 heterocycles. The number of rotatable bonds is 10. The first-order valence-corrected chi connectivity index (χ1v) is 11.4. The molecule has 26 heavy (non-hydrogen) atoms. The molecule has 0 saturated carbocycles. The van der Waals surface area contributed by atoms with Gasteiger partial charge in [0.15, 0.2) is 0 Å². The van der Waals surface area contributed by atoms with E-state index in [0.717, 1.165) is 6.42 Å². The number of hydrogen-bond acceptors (Lipinski definition) is 6. The lowest BCUT2D eigenvalue weighted by atomic mass is 10.2. The van der Waals surface area contributed by atoms with Gasteiger partial charge >= 0.3 is 13.7 Å². The molecule has 0 bridgehead atoms. The van der Waals surface area contributed by atoms with Gasteiger partial charge in [-0.1, -0.05) is 6.92 Å². The fourth-order valence-corrected chi connectivity index (χ4v) is 5.51. The van der Waals surface area contributed by atoms with Gasteiger partial charge in [0.1, 0.15) is 11.9 Å². The van der Waals surface area contributed by atoms with Crippen LogP contribution in [0.25, 0.3) is 0 Å². The van der Waals surface area contributed by atoms with E-state index in [-0.39, 0.29) is 12.3 Å². The van der Waals surface area contributed by atoms with Crippen LogP contribution in [0.15, 0.2) is 23.1 Å². The number of benzene rings is 1. The molecule has 0 unspecified atom stereocenters. The predicted molar refractivity (Wildman–Crippen MR) is 101 cm³/mol. The zero-order chi connectivity index (χ0) is 19.2. The van der Waals surface area contributed by atoms with Gasteiger partial charge in [-0.2, -0.15) is 0 Å². The minimum Gasteiger partial charge on any atom is -0.444 e. The van der Waals surface area contributed by atoms with Crippen LogP contribution in [0.2, 0.25) is 0 Å². The Labute approximate surface area is 157 Å². The molecular formula is C17H25FNO5PS. The van der Waals surface area contributed by atoms with E-state index in [9.17, 15) is 13.8 Å². The summed E-state index contributed by atoms with van der Waals surface area (Å²) in [6.45, 7) is 6.47. The van der Waals surface area contributed by atoms with Gasteiger partial charge in [0.25, 0.3) is 0 Å². The summed E-state index contributed by atoms with van der Waals surface area (Å²) in [5.41, 5.74) is 0.474. The fraction of sp³-hybridized carbons (Fsp3) is 0.588. The Hall–Kier alpha value is -1.08. The Morgan fingerprint density at radius 3 is 2.54 bits per heavy atom. The van der Waals surface area contributed by atoms with E-state index in [4.69, 9.17) is 13.8 Å². The lowest BCUT2D eigenvalue weighted by Gasteiger charge is -2.17. The Kier molecular flexibility index (Phi) is 7.95. The monoisotopic (exact) mass is 405 g/mol. The van der Waals surface area contributed by atoms with Crippen molar-refractivity contribution in [3.8, 4) is 0 Å². The van der Waals surface area contributed by atoms with Crippen LogP contribution in [0.1, 0.15) is 27.2 Å². The fourth-order valence-electron chi connectivity index (χ4n) is 2.55. The van der Waals surface area contributed by atoms with Gasteiger partial charge in [0.2, 0.25) is 0 Å². The van der Waals surface area contributed by atoms with Crippen molar-refractivity contribution in [2.75, 3.05) is 36.6 Å². The maximum atomic E-state index is 14.4. The van der Waals surface area contributed by atoms with Crippen molar-refractivity contribution in [3.63, 3.8) is 0 Å². The molecule has 1 amide bonds. The number of carbonyl (C=O) groups is 1. The number of nitrogens with zero attached hydrogens (tertiary/aromatic N) is 1. The molecule has 1 fully saturated rings. The van der Waals surface area contributed by atoms with E-state index in [0.29, 0.717) is 36.1 Å². The van der Waals surface area contributed by atoms with Crippen LogP contribution < -0.4 is 4.90 Å². The average molecular weight is 405 g/mol. The summed E-state index contributed by atoms with van der Waals surface area (Å²) in [6.07, 6.45) is 0.312. The second kappa shape index (κ2) is 9.74. The molecule has 146 valence electrons. The first-order valence-electron chi connectivity index (χ1n) is 8.71. The van der Waals surface area contributed by atoms with E-state index < -0.39 is 19.5 Å². The normalized spacial score (nSPS) is 17.6. The van der Waals surface area contributed by atoms with Gasteiger partial charge in [0.05, 0.1) is 31.6 Å². The van der Waals surface area contributed by atoms with Crippen LogP contribution in [-0.2, 0) is 18.3 Å². The van der Waals surface area contributed by atoms with Crippen molar-refractivity contribution in [2.24, 2.45) is 0 Å². The van der Waals surface area contributed by atoms with Crippen molar-refractivity contribution in [3.05, 3.63) is 24.0 Å². The van der Waals surface area contributed by atoms with E-state index in [2.05, 4.69) is 0 Å². The first-order chi connectivity index (χ1) is 12.4. The lowest BCUT2D eigenvalue weighted by Crippen LogP contribution is -2.24. The molecule has 1 aromatic carbocycles. The van der Waals surface area contributed by atoms with Crippen molar-refractivity contribution >= 4 is 31.1 Å². The van der Waals surface area contributed by atoms with Crippen LogP contribution >= 0.6 is 19.4 Å². The first kappa shape index (κ1) is 21.2. The molecule has 1 aliphatic rings. The van der Waals surface area contributed by atoms with E-state index in [1.165, 1.54) is 22.7 Å². The van der Waals surface area contributed by atoms with Gasteiger partial charge in [-0.15, -0.1) is 11.8 Å². The number of hydrogen-bond donors (Lipinski definition) is 0. The second-order valence-electron chi connectivity index (χ2n) is 5.66. The van der Waals surface area contributed by atoms with Gasteiger partial charge < -0.3 is 13.8 Å². The highest BCUT2D eigenvalue weighted by molar-refractivity contribution is 7.99. The van der Waals surface area contributed by atoms with Crippen LogP contribution in [0.5, 0.6) is 0 Å². The summed E-state index contributed by atoms with van der Waals surface area (Å²) >= 11 is 1.24. The Balaban J connectivity index is 1.97. The smallest absolute Gasteiger partial charge is 0.414 e. The molecule has 0 aromatic heterocycles. The quantitative estimate of drug-likeness (QED) is 0.407. The highest BCUT2D eigenvalue weighted by Gasteiger charge is 2.31. The number of anilines is 1. The largest absolute Gasteiger partial charge is 0.444 e. The van der Waals surface area contributed by atoms with Crippen molar-refractivity contribution in [1.82, 2.24) is 0 Å². The third-order valence-electron chi connectivity index (χ3n) is 3.83. The zero-order valence-corrected chi connectivity index (χ0v) is 17.0. The highest BCUT2D eigenvalue weighted by Crippen LogP contribution is 2.48. The third-order valence-corrected chi connectivity index (χ3v) is 7.26. The lowest BCUT2D eigenvalue weighted by molar-refractivity contribution is 0.139. The second-order valence-corrected chi connectivity index (χ2v) is 8.98. The molecule has 1 atom stereocenters. The van der Waals surface area contributed by atoms with E-state index in [1.54, 1.807) is 26.0 Å². The van der Waals surface area contributed by atoms with Gasteiger partial charge in [0, 0.05) is 10.6 Å². The van der Waals surface area contributed by atoms with E-state index in [1.807, 2.05) is 6.92 Å². The molecule has 0 radical (unpaired) electrons. The topological polar surface area (TPSA) is 65.1 Å². The number of amides is 1. The number of carbonyl (C=O) groups excluding carboxylic acids is 1. The molecule has 0 N–H and O–H groups in total. The molecule has 9 heteroatoms. The average Bonchev–Trinajstić information content (AvgIpc) is 2.98. The minimum atomic E-state index is -3.13. The summed E-state index contributed by atoms with van der Waals surface area (Å²) in [4.78, 5) is 13.7. The van der Waals surface area contributed by atoms with Crippen LogP contribution in [0, 0.1) is 5.82 Å². The van der Waals surface area contributed by atoms with Crippen molar-refractivity contribution in [2.45, 2.75) is 38.2 Å². The molecule has 1 aromatic rings. The SMILES string of the molecule is CCOP(=O)(CCSc1ccc(N2C[C@H](CC)OC2=O)cc1F)OCC. The summed E-state index contributed by atoms with van der Waals surface area (Å²) in [5, 5.41) is 0. The van der Waals surface area contributed by atoms with Gasteiger partial charge in [-0.3, -0.25) is 9.46 Å². The summed E-state index contributed by atoms with van der Waals surface area (Å²) in [5.74, 6) is -0.0279. The third kappa shape index (κ3) is 5.46. The molecule has 1 saturated heterocycles. The van der Waals surface area contributed by atoms with Crippen molar-refractivity contribution in [1.29, 1.82) is 0 Å². The summed E-state index contributed by atoms with van der Waals surface area (Å²) < 4.78 is 42.4. The van der Waals surface area contributed by atoms with Crippen LogP contribution in [0.3, 0.4) is 0 Å². The minimum absolute atomic E-state index is 0.161. The molecule has 0 aliphatic carbocycles. The number of halogens is 1. The molecular weight excluding hydrogens is 380 g/mol. The van der Waals surface area contributed by atoms with Gasteiger partial charge in [-0.25, -0.2) is 9.18 Å².